The van der Waals surface area contributed by atoms with Crippen molar-refractivity contribution < 1.29 is 4.79 Å². The Kier molecular flexibility index (Phi) is 4.37. The second kappa shape index (κ2) is 5.80. The van der Waals surface area contributed by atoms with E-state index in [0.717, 1.165) is 14.9 Å². The van der Waals surface area contributed by atoms with E-state index in [2.05, 4.69) is 15.9 Å². The second-order valence-corrected chi connectivity index (χ2v) is 6.03. The van der Waals surface area contributed by atoms with Crippen molar-refractivity contribution in [3.05, 3.63) is 55.6 Å². The predicted octanol–water partition coefficient (Wildman–Crippen LogP) is 4.52. The average Bonchev–Trinajstić information content (AvgIpc) is 2.67. The van der Waals surface area contributed by atoms with Gasteiger partial charge < -0.3 is 0 Å². The number of thiophene rings is 1. The number of hydrogen-bond donors (Lipinski definition) is 0. The van der Waals surface area contributed by atoms with Crippen molar-refractivity contribution in [2.45, 2.75) is 12.8 Å². The molecule has 88 valence electrons. The van der Waals surface area contributed by atoms with E-state index in [1.807, 2.05) is 35.7 Å². The Morgan fingerprint density at radius 1 is 1.29 bits per heavy atom. The van der Waals surface area contributed by atoms with Crippen molar-refractivity contribution in [2.24, 2.45) is 0 Å². The molecule has 0 fully saturated rings. The molecule has 0 unspecified atom stereocenters. The minimum atomic E-state index is 0.187. The predicted molar refractivity (Wildman–Crippen MR) is 75.9 cm³/mol. The van der Waals surface area contributed by atoms with E-state index in [1.54, 1.807) is 11.3 Å². The van der Waals surface area contributed by atoms with Gasteiger partial charge in [0.15, 0.2) is 0 Å². The lowest BCUT2D eigenvalue weighted by Crippen LogP contribution is -2.05. The number of ketones is 1. The lowest BCUT2D eigenvalue weighted by molar-refractivity contribution is -0.117. The molecule has 1 aromatic heterocycles. The van der Waals surface area contributed by atoms with E-state index in [9.17, 15) is 4.79 Å². The van der Waals surface area contributed by atoms with Gasteiger partial charge in [-0.1, -0.05) is 29.8 Å². The summed E-state index contributed by atoms with van der Waals surface area (Å²) in [7, 11) is 0. The highest BCUT2D eigenvalue weighted by Crippen LogP contribution is 2.21. The maximum Gasteiger partial charge on any atom is 0.142 e. The van der Waals surface area contributed by atoms with Crippen LogP contribution in [0.15, 0.2) is 40.2 Å². The molecule has 1 heterocycles. The summed E-state index contributed by atoms with van der Waals surface area (Å²) < 4.78 is 1.03. The molecule has 0 atom stereocenters. The first-order valence-corrected chi connectivity index (χ1v) is 7.18. The van der Waals surface area contributed by atoms with Crippen LogP contribution in [-0.4, -0.2) is 5.78 Å². The molecule has 0 N–H and O–H groups in total. The highest BCUT2D eigenvalue weighted by atomic mass is 79.9. The van der Waals surface area contributed by atoms with E-state index in [0.29, 0.717) is 17.9 Å². The summed E-state index contributed by atoms with van der Waals surface area (Å²) in [5.74, 6) is 0.187. The van der Waals surface area contributed by atoms with Crippen LogP contribution in [-0.2, 0) is 17.6 Å². The van der Waals surface area contributed by atoms with Crippen molar-refractivity contribution in [1.29, 1.82) is 0 Å². The van der Waals surface area contributed by atoms with Gasteiger partial charge in [-0.15, -0.1) is 11.3 Å². The zero-order valence-corrected chi connectivity index (χ0v) is 12.1. The van der Waals surface area contributed by atoms with Gasteiger partial charge in [0, 0.05) is 32.6 Å². The van der Waals surface area contributed by atoms with Crippen LogP contribution in [0.25, 0.3) is 0 Å². The normalized spacial score (nSPS) is 10.5. The highest BCUT2D eigenvalue weighted by molar-refractivity contribution is 9.10. The lowest BCUT2D eigenvalue weighted by atomic mass is 10.1. The Morgan fingerprint density at radius 3 is 2.71 bits per heavy atom. The SMILES string of the molecule is O=C(Cc1cc(Br)cs1)Cc1ccccc1Cl. The molecule has 0 aliphatic heterocycles. The fourth-order valence-electron chi connectivity index (χ4n) is 1.56. The molecule has 2 rings (SSSR count). The van der Waals surface area contributed by atoms with Crippen LogP contribution in [0.1, 0.15) is 10.4 Å². The quantitative estimate of drug-likeness (QED) is 0.806. The Hall–Kier alpha value is -0.640. The van der Waals surface area contributed by atoms with E-state index in [-0.39, 0.29) is 5.78 Å². The number of hydrogen-bond acceptors (Lipinski definition) is 2. The molecule has 0 bridgehead atoms. The standard InChI is InChI=1S/C13H10BrClOS/c14-10-6-12(17-8-10)7-11(16)5-9-3-1-2-4-13(9)15/h1-4,6,8H,5,7H2. The van der Waals surface area contributed by atoms with Gasteiger partial charge in [0.25, 0.3) is 0 Å². The maximum atomic E-state index is 11.9. The molecule has 0 amide bonds. The maximum absolute atomic E-state index is 11.9. The molecule has 1 aromatic carbocycles. The van der Waals surface area contributed by atoms with Gasteiger partial charge in [-0.05, 0) is 33.6 Å². The van der Waals surface area contributed by atoms with Crippen LogP contribution in [0.5, 0.6) is 0 Å². The molecule has 4 heteroatoms. The van der Waals surface area contributed by atoms with Crippen LogP contribution >= 0.6 is 38.9 Å². The Balaban J connectivity index is 2.01. The van der Waals surface area contributed by atoms with Gasteiger partial charge in [-0.3, -0.25) is 4.79 Å². The number of carbonyl (C=O) groups excluding carboxylic acids is 1. The fourth-order valence-corrected chi connectivity index (χ4v) is 3.24. The van der Waals surface area contributed by atoms with E-state index in [4.69, 9.17) is 11.6 Å². The summed E-state index contributed by atoms with van der Waals surface area (Å²) in [5, 5.41) is 2.64. The number of carbonyl (C=O) groups is 1. The fraction of sp³-hybridized carbons (Fsp3) is 0.154. The van der Waals surface area contributed by atoms with Gasteiger partial charge in [0.05, 0.1) is 0 Å². The first-order chi connectivity index (χ1) is 8.15. The zero-order valence-electron chi connectivity index (χ0n) is 8.95. The Morgan fingerprint density at radius 2 is 2.06 bits per heavy atom. The summed E-state index contributed by atoms with van der Waals surface area (Å²) >= 11 is 11.0. The second-order valence-electron chi connectivity index (χ2n) is 3.71. The third-order valence-electron chi connectivity index (χ3n) is 2.34. The Bertz CT molecular complexity index is 536. The van der Waals surface area contributed by atoms with Crippen molar-refractivity contribution in [3.63, 3.8) is 0 Å². The van der Waals surface area contributed by atoms with Crippen LogP contribution < -0.4 is 0 Å². The molecule has 0 radical (unpaired) electrons. The Labute approximate surface area is 118 Å². The molecule has 0 aliphatic rings. The molecule has 0 saturated carbocycles. The molecule has 2 aromatic rings. The number of Topliss-reactive ketones (excluding diaryl/α,β-unsaturated/α-hetero) is 1. The number of halogens is 2. The average molecular weight is 330 g/mol. The molecule has 0 saturated heterocycles. The third kappa shape index (κ3) is 3.66. The van der Waals surface area contributed by atoms with Crippen LogP contribution in [0.4, 0.5) is 0 Å². The molecule has 1 nitrogen and oxygen atoms in total. The smallest absolute Gasteiger partial charge is 0.142 e. The van der Waals surface area contributed by atoms with Crippen molar-refractivity contribution in [3.8, 4) is 0 Å². The minimum absolute atomic E-state index is 0.187. The summed E-state index contributed by atoms with van der Waals surface area (Å²) in [6, 6.07) is 9.45. The molecule has 17 heavy (non-hydrogen) atoms. The number of rotatable bonds is 4. The summed E-state index contributed by atoms with van der Waals surface area (Å²) in [6.07, 6.45) is 0.872. The van der Waals surface area contributed by atoms with E-state index >= 15 is 0 Å². The highest BCUT2D eigenvalue weighted by Gasteiger charge is 2.09. The molecular weight excluding hydrogens is 320 g/mol. The zero-order chi connectivity index (χ0) is 12.3. The number of benzene rings is 1. The monoisotopic (exact) mass is 328 g/mol. The van der Waals surface area contributed by atoms with Crippen LogP contribution in [0.3, 0.4) is 0 Å². The van der Waals surface area contributed by atoms with E-state index in [1.165, 1.54) is 0 Å². The van der Waals surface area contributed by atoms with Gasteiger partial charge in [0.2, 0.25) is 0 Å². The van der Waals surface area contributed by atoms with Crippen LogP contribution in [0.2, 0.25) is 5.02 Å². The topological polar surface area (TPSA) is 17.1 Å². The summed E-state index contributed by atoms with van der Waals surface area (Å²) in [4.78, 5) is 13.0. The van der Waals surface area contributed by atoms with E-state index < -0.39 is 0 Å². The van der Waals surface area contributed by atoms with Crippen molar-refractivity contribution in [2.75, 3.05) is 0 Å². The first-order valence-electron chi connectivity index (χ1n) is 5.13. The van der Waals surface area contributed by atoms with Gasteiger partial charge in [0.1, 0.15) is 5.78 Å². The van der Waals surface area contributed by atoms with Crippen molar-refractivity contribution >= 4 is 44.7 Å². The van der Waals surface area contributed by atoms with Gasteiger partial charge >= 0.3 is 0 Å². The molecule has 0 aliphatic carbocycles. The molecular formula is C13H10BrClOS. The molecule has 0 spiro atoms. The van der Waals surface area contributed by atoms with Crippen molar-refractivity contribution in [1.82, 2.24) is 0 Å². The summed E-state index contributed by atoms with van der Waals surface area (Å²) in [6.45, 7) is 0. The lowest BCUT2D eigenvalue weighted by Gasteiger charge is -2.02. The van der Waals surface area contributed by atoms with Gasteiger partial charge in [-0.2, -0.15) is 0 Å². The minimum Gasteiger partial charge on any atom is -0.299 e. The summed E-state index contributed by atoms with van der Waals surface area (Å²) in [5.41, 5.74) is 0.898. The van der Waals surface area contributed by atoms with Gasteiger partial charge in [-0.25, -0.2) is 0 Å². The first kappa shape index (κ1) is 12.8. The van der Waals surface area contributed by atoms with Crippen LogP contribution in [0, 0.1) is 0 Å². The largest absolute Gasteiger partial charge is 0.299 e. The third-order valence-corrected chi connectivity index (χ3v) is 4.40.